The summed E-state index contributed by atoms with van der Waals surface area (Å²) in [6.07, 6.45) is 0.945. The monoisotopic (exact) mass is 423 g/mol. The van der Waals surface area contributed by atoms with Crippen LogP contribution in [-0.2, 0) is 19.9 Å². The third-order valence-corrected chi connectivity index (χ3v) is 6.45. The number of hydrogen-bond acceptors (Lipinski definition) is 3. The molecule has 0 saturated carbocycles. The molecule has 2 aromatic carbocycles. The highest BCUT2D eigenvalue weighted by Gasteiger charge is 2.33. The van der Waals surface area contributed by atoms with Crippen LogP contribution in [0.25, 0.3) is 0 Å². The predicted octanol–water partition coefficient (Wildman–Crippen LogP) is 3.97. The Hall–Kier alpha value is -1.21. The maximum atomic E-state index is 13.1. The van der Waals surface area contributed by atoms with Gasteiger partial charge in [0, 0.05) is 34.9 Å². The number of rotatable bonds is 6. The standard InChI is InChI=1S/C19H23BrN2O2S/c1-3-24-12-6-11-21-19-15-7-4-5-8-17(15)22(2)25(23)18-13-14(20)9-10-16(18)19/h4-5,7-10,13,19,21H,3,6,11-12H2,1-2H3/p+1. The second kappa shape index (κ2) is 8.45. The number of para-hydroxylation sites is 1. The first-order valence-electron chi connectivity index (χ1n) is 8.54. The summed E-state index contributed by atoms with van der Waals surface area (Å²) in [6, 6.07) is 14.3. The van der Waals surface area contributed by atoms with Gasteiger partial charge in [0.1, 0.15) is 0 Å². The number of nitrogens with one attached hydrogen (secondary N) is 1. The van der Waals surface area contributed by atoms with Gasteiger partial charge >= 0.3 is 0 Å². The van der Waals surface area contributed by atoms with Gasteiger partial charge in [-0.1, -0.05) is 44.4 Å². The lowest BCUT2D eigenvalue weighted by molar-refractivity contribution is 0.144. The zero-order valence-electron chi connectivity index (χ0n) is 14.5. The average molecular weight is 424 g/mol. The smallest absolute Gasteiger partial charge is 0.199 e. The van der Waals surface area contributed by atoms with Crippen molar-refractivity contribution in [3.8, 4) is 0 Å². The molecule has 0 radical (unpaired) electrons. The Morgan fingerprint density at radius 3 is 2.84 bits per heavy atom. The van der Waals surface area contributed by atoms with E-state index in [1.165, 1.54) is 0 Å². The molecule has 0 aliphatic carbocycles. The molecule has 134 valence electrons. The molecule has 25 heavy (non-hydrogen) atoms. The molecule has 0 spiro atoms. The Balaban J connectivity index is 1.99. The fourth-order valence-corrected chi connectivity index (χ4v) is 5.08. The van der Waals surface area contributed by atoms with Crippen LogP contribution in [0.4, 0.5) is 5.69 Å². The Kier molecular flexibility index (Phi) is 6.28. The van der Waals surface area contributed by atoms with Crippen molar-refractivity contribution in [2.45, 2.75) is 24.3 Å². The van der Waals surface area contributed by atoms with Crippen LogP contribution >= 0.6 is 15.9 Å². The van der Waals surface area contributed by atoms with Gasteiger partial charge < -0.3 is 10.1 Å². The van der Waals surface area contributed by atoms with Crippen molar-refractivity contribution in [2.75, 3.05) is 31.1 Å². The fourth-order valence-electron chi connectivity index (χ4n) is 3.16. The van der Waals surface area contributed by atoms with Crippen LogP contribution < -0.4 is 9.62 Å². The van der Waals surface area contributed by atoms with Crippen LogP contribution in [-0.4, -0.2) is 26.8 Å². The maximum Gasteiger partial charge on any atom is 0.199 e. The van der Waals surface area contributed by atoms with E-state index in [9.17, 15) is 4.21 Å². The van der Waals surface area contributed by atoms with E-state index in [2.05, 4.69) is 33.4 Å². The van der Waals surface area contributed by atoms with Crippen LogP contribution in [0.5, 0.6) is 0 Å². The molecule has 0 amide bonds. The number of fused-ring (bicyclic) bond motifs is 2. The average Bonchev–Trinajstić information content (AvgIpc) is 2.71. The number of benzene rings is 2. The lowest BCUT2D eigenvalue weighted by Gasteiger charge is -2.20. The SMILES string of the molecule is CCOCCCNC1c2ccccc2N(C)[SH+](=O)c2cc(Br)ccc21. The van der Waals surface area contributed by atoms with Crippen molar-refractivity contribution in [1.82, 2.24) is 5.32 Å². The van der Waals surface area contributed by atoms with Crippen molar-refractivity contribution < 1.29 is 8.95 Å². The molecule has 0 fully saturated rings. The summed E-state index contributed by atoms with van der Waals surface area (Å²) in [7, 11) is 0.242. The third kappa shape index (κ3) is 3.97. The molecule has 1 N–H and O–H groups in total. The molecular weight excluding hydrogens is 400 g/mol. The van der Waals surface area contributed by atoms with Gasteiger partial charge in [0.25, 0.3) is 0 Å². The van der Waals surface area contributed by atoms with E-state index in [0.717, 1.165) is 52.4 Å². The molecule has 0 bridgehead atoms. The van der Waals surface area contributed by atoms with Gasteiger partial charge in [-0.2, -0.15) is 4.31 Å². The van der Waals surface area contributed by atoms with E-state index in [0.29, 0.717) is 0 Å². The minimum Gasteiger partial charge on any atom is -0.382 e. The van der Waals surface area contributed by atoms with Crippen molar-refractivity contribution in [3.05, 3.63) is 58.1 Å². The maximum absolute atomic E-state index is 13.1. The Labute approximate surface area is 160 Å². The number of nitrogens with zero attached hydrogens (tertiary/aromatic N) is 1. The van der Waals surface area contributed by atoms with Crippen molar-refractivity contribution >= 4 is 32.6 Å². The van der Waals surface area contributed by atoms with Gasteiger partial charge in [-0.05, 0) is 32.0 Å². The second-order valence-corrected chi connectivity index (χ2v) is 8.54. The van der Waals surface area contributed by atoms with Crippen molar-refractivity contribution in [2.24, 2.45) is 0 Å². The van der Waals surface area contributed by atoms with Gasteiger partial charge in [0.05, 0.1) is 18.8 Å². The van der Waals surface area contributed by atoms with Gasteiger partial charge in [-0.15, -0.1) is 0 Å². The van der Waals surface area contributed by atoms with Crippen molar-refractivity contribution in [3.63, 3.8) is 0 Å². The lowest BCUT2D eigenvalue weighted by Crippen LogP contribution is -2.25. The zero-order chi connectivity index (χ0) is 17.8. The minimum atomic E-state index is -1.66. The molecule has 6 heteroatoms. The molecule has 3 rings (SSSR count). The van der Waals surface area contributed by atoms with E-state index >= 15 is 0 Å². The molecule has 0 saturated heterocycles. The zero-order valence-corrected chi connectivity index (χ0v) is 17.0. The molecule has 4 nitrogen and oxygen atoms in total. The number of thiol groups is 1. The van der Waals surface area contributed by atoms with Gasteiger partial charge in [-0.3, -0.25) is 0 Å². The van der Waals surface area contributed by atoms with Gasteiger partial charge in [-0.25, -0.2) is 0 Å². The number of anilines is 1. The van der Waals surface area contributed by atoms with E-state index < -0.39 is 11.0 Å². The van der Waals surface area contributed by atoms with E-state index in [1.807, 2.05) is 48.6 Å². The Morgan fingerprint density at radius 2 is 2.04 bits per heavy atom. The van der Waals surface area contributed by atoms with Gasteiger partial charge in [0.15, 0.2) is 15.9 Å². The molecular formula is C19H24BrN2O2S+. The van der Waals surface area contributed by atoms with Gasteiger partial charge in [0.2, 0.25) is 0 Å². The summed E-state index contributed by atoms with van der Waals surface area (Å²) in [5.74, 6) is 0. The van der Waals surface area contributed by atoms with Crippen LogP contribution in [0.1, 0.15) is 30.5 Å². The second-order valence-electron chi connectivity index (χ2n) is 6.00. The number of halogens is 1. The van der Waals surface area contributed by atoms with Crippen molar-refractivity contribution in [1.29, 1.82) is 0 Å². The predicted molar refractivity (Wildman–Crippen MR) is 108 cm³/mol. The van der Waals surface area contributed by atoms with Crippen LogP contribution in [0.2, 0.25) is 0 Å². The molecule has 2 unspecified atom stereocenters. The number of hydrogen-bond donors (Lipinski definition) is 1. The Bertz CT molecular complexity index is 769. The first-order chi connectivity index (χ1) is 12.1. The summed E-state index contributed by atoms with van der Waals surface area (Å²) in [4.78, 5) is 0.880. The lowest BCUT2D eigenvalue weighted by atomic mass is 9.97. The van der Waals surface area contributed by atoms with Crippen LogP contribution in [0, 0.1) is 0 Å². The molecule has 2 atom stereocenters. The topological polar surface area (TPSA) is 41.6 Å². The fraction of sp³-hybridized carbons (Fsp3) is 0.368. The van der Waals surface area contributed by atoms with E-state index in [-0.39, 0.29) is 6.04 Å². The minimum absolute atomic E-state index is 0.0184. The summed E-state index contributed by atoms with van der Waals surface area (Å²) in [5.41, 5.74) is 3.25. The molecule has 2 aromatic rings. The molecule has 1 heterocycles. The molecule has 1 aliphatic heterocycles. The summed E-state index contributed by atoms with van der Waals surface area (Å²) in [6.45, 7) is 4.35. The summed E-state index contributed by atoms with van der Waals surface area (Å²) >= 11 is 3.52. The summed E-state index contributed by atoms with van der Waals surface area (Å²) < 4.78 is 21.4. The summed E-state index contributed by atoms with van der Waals surface area (Å²) in [5, 5.41) is 3.64. The first kappa shape index (κ1) is 18.6. The third-order valence-electron chi connectivity index (χ3n) is 4.40. The van der Waals surface area contributed by atoms with Crippen LogP contribution in [0.15, 0.2) is 51.8 Å². The molecule has 1 aliphatic rings. The van der Waals surface area contributed by atoms with E-state index in [4.69, 9.17) is 4.74 Å². The number of ether oxygens (including phenoxy) is 1. The Morgan fingerprint density at radius 1 is 1.24 bits per heavy atom. The highest BCUT2D eigenvalue weighted by molar-refractivity contribution is 9.10. The highest BCUT2D eigenvalue weighted by atomic mass is 79.9. The van der Waals surface area contributed by atoms with E-state index in [1.54, 1.807) is 0 Å². The molecule has 0 aromatic heterocycles. The largest absolute Gasteiger partial charge is 0.382 e. The quantitative estimate of drug-likeness (QED) is 0.434. The highest BCUT2D eigenvalue weighted by Crippen LogP contribution is 2.39. The van der Waals surface area contributed by atoms with Crippen LogP contribution in [0.3, 0.4) is 0 Å². The normalized spacial score (nSPS) is 19.2. The first-order valence-corrected chi connectivity index (χ1v) is 10.5.